The average molecular weight is 167 g/mol. The molecule has 62 valence electrons. The first-order chi connectivity index (χ1) is 4.09. The number of urea groups is 1. The van der Waals surface area contributed by atoms with Gasteiger partial charge < -0.3 is 10.6 Å². The molecule has 2 amide bonds. The highest BCUT2D eigenvalue weighted by molar-refractivity contribution is 5.85. The molecule has 0 aromatic rings. The van der Waals surface area contributed by atoms with Crippen molar-refractivity contribution in [1.29, 1.82) is 0 Å². The lowest BCUT2D eigenvalue weighted by Crippen LogP contribution is -2.38. The smallest absolute Gasteiger partial charge is 0.314 e. The normalized spacial score (nSPS) is 11.5. The fraction of sp³-hybridized carbons (Fsp3) is 0.833. The van der Waals surface area contributed by atoms with Crippen molar-refractivity contribution < 1.29 is 4.79 Å². The van der Waals surface area contributed by atoms with Crippen LogP contribution in [0.15, 0.2) is 0 Å². The Kier molecular flexibility index (Phi) is 6.56. The molecule has 0 aliphatic carbocycles. The van der Waals surface area contributed by atoms with Crippen molar-refractivity contribution >= 4 is 18.4 Å². The second kappa shape index (κ2) is 5.35. The molecule has 0 fully saturated rings. The van der Waals surface area contributed by atoms with Crippen LogP contribution in [0.5, 0.6) is 0 Å². The average Bonchev–Trinajstić information content (AvgIpc) is 1.84. The molecule has 0 bridgehead atoms. The van der Waals surface area contributed by atoms with Crippen LogP contribution in [0, 0.1) is 0 Å². The summed E-state index contributed by atoms with van der Waals surface area (Å²) in [7, 11) is 1.70. The minimum atomic E-state index is -0.357. The van der Waals surface area contributed by atoms with Crippen LogP contribution in [0.1, 0.15) is 20.3 Å². The molecule has 4 heteroatoms. The van der Waals surface area contributed by atoms with E-state index in [0.717, 1.165) is 6.42 Å². The Hall–Kier alpha value is -0.440. The lowest BCUT2D eigenvalue weighted by atomic mass is 10.2. The maximum Gasteiger partial charge on any atom is 0.314 e. The Morgan fingerprint density at radius 3 is 2.20 bits per heavy atom. The van der Waals surface area contributed by atoms with E-state index in [1.165, 1.54) is 4.90 Å². The highest BCUT2D eigenvalue weighted by atomic mass is 35.5. The summed E-state index contributed by atoms with van der Waals surface area (Å²) in [4.78, 5) is 12.0. The van der Waals surface area contributed by atoms with Gasteiger partial charge in [0.25, 0.3) is 0 Å². The van der Waals surface area contributed by atoms with Crippen LogP contribution in [-0.4, -0.2) is 24.0 Å². The number of nitrogens with zero attached hydrogens (tertiary/aromatic N) is 1. The number of primary amides is 1. The number of carbonyl (C=O) groups is 1. The third-order valence-corrected chi connectivity index (χ3v) is 1.60. The molecule has 10 heavy (non-hydrogen) atoms. The van der Waals surface area contributed by atoms with E-state index in [2.05, 4.69) is 0 Å². The minimum absolute atomic E-state index is 0. The molecule has 1 unspecified atom stereocenters. The van der Waals surface area contributed by atoms with Crippen LogP contribution in [-0.2, 0) is 0 Å². The summed E-state index contributed by atoms with van der Waals surface area (Å²) in [6, 6.07) is -0.105. The van der Waals surface area contributed by atoms with Crippen molar-refractivity contribution in [3.05, 3.63) is 0 Å². The van der Waals surface area contributed by atoms with Gasteiger partial charge in [0.2, 0.25) is 0 Å². The van der Waals surface area contributed by atoms with E-state index in [-0.39, 0.29) is 24.5 Å². The molecule has 0 aliphatic rings. The summed E-state index contributed by atoms with van der Waals surface area (Å²) in [6.45, 7) is 3.98. The fourth-order valence-electron chi connectivity index (χ4n) is 0.491. The quantitative estimate of drug-likeness (QED) is 0.659. The van der Waals surface area contributed by atoms with Crippen molar-refractivity contribution in [2.75, 3.05) is 7.05 Å². The highest BCUT2D eigenvalue weighted by Gasteiger charge is 2.08. The molecule has 0 saturated carbocycles. The summed E-state index contributed by atoms with van der Waals surface area (Å²) < 4.78 is 0. The number of rotatable bonds is 2. The molecule has 0 heterocycles. The van der Waals surface area contributed by atoms with E-state index >= 15 is 0 Å². The highest BCUT2D eigenvalue weighted by Crippen LogP contribution is 1.97. The minimum Gasteiger partial charge on any atom is -0.351 e. The summed E-state index contributed by atoms with van der Waals surface area (Å²) in [6.07, 6.45) is 0.944. The van der Waals surface area contributed by atoms with Crippen molar-refractivity contribution in [2.45, 2.75) is 26.3 Å². The van der Waals surface area contributed by atoms with E-state index in [4.69, 9.17) is 5.73 Å². The standard InChI is InChI=1S/C6H14N2O.ClH/c1-4-5(2)8(3)6(7)9;/h5H,4H2,1-3H3,(H2,7,9);1H. The number of hydrogen-bond acceptors (Lipinski definition) is 1. The lowest BCUT2D eigenvalue weighted by molar-refractivity contribution is 0.202. The van der Waals surface area contributed by atoms with Crippen molar-refractivity contribution in [1.82, 2.24) is 4.90 Å². The van der Waals surface area contributed by atoms with Gasteiger partial charge in [-0.15, -0.1) is 12.4 Å². The number of halogens is 1. The monoisotopic (exact) mass is 166 g/mol. The molecule has 0 radical (unpaired) electrons. The molecule has 0 aromatic heterocycles. The molecular weight excluding hydrogens is 152 g/mol. The van der Waals surface area contributed by atoms with E-state index in [1.54, 1.807) is 7.05 Å². The predicted molar refractivity (Wildman–Crippen MR) is 44.3 cm³/mol. The maximum atomic E-state index is 10.4. The molecule has 0 saturated heterocycles. The third-order valence-electron chi connectivity index (χ3n) is 1.60. The summed E-state index contributed by atoms with van der Waals surface area (Å²) >= 11 is 0. The third kappa shape index (κ3) is 3.56. The van der Waals surface area contributed by atoms with Crippen LogP contribution < -0.4 is 5.73 Å². The maximum absolute atomic E-state index is 10.4. The van der Waals surface area contributed by atoms with Gasteiger partial charge in [0.05, 0.1) is 0 Å². The summed E-state index contributed by atoms with van der Waals surface area (Å²) in [5.41, 5.74) is 5.00. The van der Waals surface area contributed by atoms with Gasteiger partial charge in [0, 0.05) is 13.1 Å². The van der Waals surface area contributed by atoms with E-state index in [0.29, 0.717) is 0 Å². The van der Waals surface area contributed by atoms with E-state index in [1.807, 2.05) is 13.8 Å². The number of carbonyl (C=O) groups excluding carboxylic acids is 1. The number of nitrogens with two attached hydrogens (primary N) is 1. The Labute approximate surface area is 68.0 Å². The zero-order chi connectivity index (χ0) is 7.44. The molecule has 3 nitrogen and oxygen atoms in total. The SMILES string of the molecule is CCC(C)N(C)C(N)=O.Cl. The largest absolute Gasteiger partial charge is 0.351 e. The zero-order valence-electron chi connectivity index (χ0n) is 6.63. The summed E-state index contributed by atoms with van der Waals surface area (Å²) in [5, 5.41) is 0. The van der Waals surface area contributed by atoms with E-state index < -0.39 is 0 Å². The van der Waals surface area contributed by atoms with Gasteiger partial charge in [-0.25, -0.2) is 4.79 Å². The second-order valence-corrected chi connectivity index (χ2v) is 2.21. The first-order valence-electron chi connectivity index (χ1n) is 3.11. The first kappa shape index (κ1) is 12.3. The topological polar surface area (TPSA) is 46.3 Å². The van der Waals surface area contributed by atoms with Crippen molar-refractivity contribution in [3.8, 4) is 0 Å². The molecule has 1 atom stereocenters. The molecule has 0 spiro atoms. The van der Waals surface area contributed by atoms with Gasteiger partial charge in [0.1, 0.15) is 0 Å². The number of amides is 2. The Bertz CT molecular complexity index is 108. The van der Waals surface area contributed by atoms with Gasteiger partial charge in [-0.1, -0.05) is 6.92 Å². The van der Waals surface area contributed by atoms with Crippen LogP contribution in [0.4, 0.5) is 4.79 Å². The van der Waals surface area contributed by atoms with Gasteiger partial charge in [-0.05, 0) is 13.3 Å². The van der Waals surface area contributed by atoms with Crippen LogP contribution in [0.2, 0.25) is 0 Å². The Morgan fingerprint density at radius 2 is 2.10 bits per heavy atom. The molecule has 0 aromatic carbocycles. The molecule has 0 rings (SSSR count). The first-order valence-corrected chi connectivity index (χ1v) is 3.11. The molecule has 2 N–H and O–H groups in total. The van der Waals surface area contributed by atoms with Crippen molar-refractivity contribution in [2.24, 2.45) is 5.73 Å². The Balaban J connectivity index is 0. The lowest BCUT2D eigenvalue weighted by Gasteiger charge is -2.20. The van der Waals surface area contributed by atoms with Crippen molar-refractivity contribution in [3.63, 3.8) is 0 Å². The molecule has 0 aliphatic heterocycles. The second-order valence-electron chi connectivity index (χ2n) is 2.21. The van der Waals surface area contributed by atoms with Gasteiger partial charge in [0.15, 0.2) is 0 Å². The van der Waals surface area contributed by atoms with Crippen LogP contribution in [0.3, 0.4) is 0 Å². The van der Waals surface area contributed by atoms with Gasteiger partial charge in [-0.2, -0.15) is 0 Å². The predicted octanol–water partition coefficient (Wildman–Crippen LogP) is 1.22. The Morgan fingerprint density at radius 1 is 1.70 bits per heavy atom. The van der Waals surface area contributed by atoms with E-state index in [9.17, 15) is 4.79 Å². The molecular formula is C6H15ClN2O. The fourth-order valence-corrected chi connectivity index (χ4v) is 0.491. The van der Waals surface area contributed by atoms with Gasteiger partial charge >= 0.3 is 6.03 Å². The van der Waals surface area contributed by atoms with Crippen LogP contribution in [0.25, 0.3) is 0 Å². The number of hydrogen-bond donors (Lipinski definition) is 1. The van der Waals surface area contributed by atoms with Gasteiger partial charge in [-0.3, -0.25) is 0 Å². The zero-order valence-corrected chi connectivity index (χ0v) is 7.44. The van der Waals surface area contributed by atoms with Crippen LogP contribution >= 0.6 is 12.4 Å². The summed E-state index contributed by atoms with van der Waals surface area (Å²) in [5.74, 6) is 0.